The zero-order valence-electron chi connectivity index (χ0n) is 18.3. The summed E-state index contributed by atoms with van der Waals surface area (Å²) in [7, 11) is 5.79. The molecule has 0 saturated heterocycles. The summed E-state index contributed by atoms with van der Waals surface area (Å²) in [6.45, 7) is 2.18. The highest BCUT2D eigenvalue weighted by atomic mass is 16.5. The van der Waals surface area contributed by atoms with Gasteiger partial charge >= 0.3 is 0 Å². The van der Waals surface area contributed by atoms with Crippen molar-refractivity contribution in [1.82, 2.24) is 4.90 Å². The van der Waals surface area contributed by atoms with Gasteiger partial charge in [0.15, 0.2) is 5.78 Å². The first-order valence-corrected chi connectivity index (χ1v) is 10.4. The minimum absolute atomic E-state index is 0.196. The van der Waals surface area contributed by atoms with E-state index in [0.29, 0.717) is 12.8 Å². The number of carbonyl (C=O) groups excluding carboxylic acids is 1. The van der Waals surface area contributed by atoms with Gasteiger partial charge in [0.1, 0.15) is 5.75 Å². The number of nitrogens with zero attached hydrogens (tertiary/aromatic N) is 1. The van der Waals surface area contributed by atoms with E-state index in [0.717, 1.165) is 22.4 Å². The van der Waals surface area contributed by atoms with Crippen LogP contribution < -0.4 is 4.74 Å². The van der Waals surface area contributed by atoms with Crippen LogP contribution in [-0.4, -0.2) is 37.9 Å². The molecule has 0 saturated carbocycles. The largest absolute Gasteiger partial charge is 0.497 e. The predicted molar refractivity (Wildman–Crippen MR) is 123 cm³/mol. The molecule has 3 aromatic rings. The maximum atomic E-state index is 14.1. The number of rotatable bonds is 9. The van der Waals surface area contributed by atoms with Gasteiger partial charge in [0.2, 0.25) is 0 Å². The van der Waals surface area contributed by atoms with Gasteiger partial charge in [-0.15, -0.1) is 0 Å². The minimum atomic E-state index is -0.727. The van der Waals surface area contributed by atoms with Crippen molar-refractivity contribution in [2.45, 2.75) is 31.2 Å². The van der Waals surface area contributed by atoms with E-state index in [-0.39, 0.29) is 11.8 Å². The molecular weight excluding hydrogens is 370 g/mol. The summed E-state index contributed by atoms with van der Waals surface area (Å²) < 4.78 is 5.37. The highest BCUT2D eigenvalue weighted by Crippen LogP contribution is 2.39. The molecule has 156 valence electrons. The topological polar surface area (TPSA) is 29.5 Å². The molecule has 0 bridgehead atoms. The molecule has 30 heavy (non-hydrogen) atoms. The summed E-state index contributed by atoms with van der Waals surface area (Å²) in [5.41, 5.74) is 2.32. The lowest BCUT2D eigenvalue weighted by atomic mass is 9.66. The van der Waals surface area contributed by atoms with Crippen molar-refractivity contribution >= 4 is 5.78 Å². The van der Waals surface area contributed by atoms with Crippen molar-refractivity contribution in [2.75, 3.05) is 21.2 Å². The molecule has 0 fully saturated rings. The number of carbonyl (C=O) groups is 1. The van der Waals surface area contributed by atoms with Gasteiger partial charge in [-0.2, -0.15) is 0 Å². The molecule has 0 spiro atoms. The van der Waals surface area contributed by atoms with Crippen LogP contribution in [0.1, 0.15) is 30.0 Å². The Morgan fingerprint density at radius 1 is 0.900 bits per heavy atom. The monoisotopic (exact) mass is 401 g/mol. The standard InChI is InChI=1S/C27H31NO2/c1-21(28(2)3)20-27(23-13-7-5-8-14-23,24-15-9-6-10-16-24)26(29)19-22-12-11-17-25(18-22)30-4/h5-18,21H,19-20H2,1-4H3/t21-/m0/s1. The number of hydrogen-bond acceptors (Lipinski definition) is 3. The molecule has 3 aromatic carbocycles. The van der Waals surface area contributed by atoms with Crippen LogP contribution >= 0.6 is 0 Å². The molecule has 0 amide bonds. The van der Waals surface area contributed by atoms with Gasteiger partial charge in [-0.05, 0) is 56.3 Å². The van der Waals surface area contributed by atoms with E-state index in [1.165, 1.54) is 0 Å². The van der Waals surface area contributed by atoms with Gasteiger partial charge in [0, 0.05) is 12.5 Å². The maximum Gasteiger partial charge on any atom is 0.152 e. The zero-order chi connectivity index (χ0) is 21.6. The van der Waals surface area contributed by atoms with Crippen molar-refractivity contribution in [3.63, 3.8) is 0 Å². The fourth-order valence-corrected chi connectivity index (χ4v) is 4.03. The Morgan fingerprint density at radius 2 is 1.47 bits per heavy atom. The molecule has 3 rings (SSSR count). The highest BCUT2D eigenvalue weighted by Gasteiger charge is 2.42. The molecule has 0 aliphatic carbocycles. The summed E-state index contributed by atoms with van der Waals surface area (Å²) in [5.74, 6) is 0.967. The van der Waals surface area contributed by atoms with E-state index in [1.54, 1.807) is 7.11 Å². The molecular formula is C27H31NO2. The molecule has 0 aromatic heterocycles. The Morgan fingerprint density at radius 3 is 1.97 bits per heavy atom. The minimum Gasteiger partial charge on any atom is -0.497 e. The van der Waals surface area contributed by atoms with Crippen LogP contribution in [0.5, 0.6) is 5.75 Å². The van der Waals surface area contributed by atoms with Crippen molar-refractivity contribution < 1.29 is 9.53 Å². The van der Waals surface area contributed by atoms with Gasteiger partial charge in [0.05, 0.1) is 12.5 Å². The molecule has 0 heterocycles. The fraction of sp³-hybridized carbons (Fsp3) is 0.296. The first-order chi connectivity index (χ1) is 14.5. The number of Topliss-reactive ketones (excluding diaryl/α,β-unsaturated/α-hetero) is 1. The summed E-state index contributed by atoms with van der Waals surface area (Å²) in [6.07, 6.45) is 1.05. The van der Waals surface area contributed by atoms with Crippen LogP contribution in [0.2, 0.25) is 0 Å². The number of hydrogen-bond donors (Lipinski definition) is 0. The molecule has 3 heteroatoms. The molecule has 3 nitrogen and oxygen atoms in total. The first kappa shape index (κ1) is 21.8. The van der Waals surface area contributed by atoms with Gasteiger partial charge in [-0.1, -0.05) is 72.8 Å². The summed E-state index contributed by atoms with van der Waals surface area (Å²) in [6, 6.07) is 28.4. The third kappa shape index (κ3) is 4.63. The van der Waals surface area contributed by atoms with Crippen molar-refractivity contribution in [1.29, 1.82) is 0 Å². The maximum absolute atomic E-state index is 14.1. The van der Waals surface area contributed by atoms with Crippen LogP contribution in [-0.2, 0) is 16.6 Å². The predicted octanol–water partition coefficient (Wildman–Crippen LogP) is 5.13. The Labute approximate surface area is 180 Å². The highest BCUT2D eigenvalue weighted by molar-refractivity contribution is 5.95. The average Bonchev–Trinajstić information content (AvgIpc) is 2.78. The molecule has 0 radical (unpaired) electrons. The van der Waals surface area contributed by atoms with Gasteiger partial charge in [-0.3, -0.25) is 4.79 Å². The third-order valence-electron chi connectivity index (χ3n) is 5.99. The van der Waals surface area contributed by atoms with Gasteiger partial charge < -0.3 is 9.64 Å². The second-order valence-corrected chi connectivity index (χ2v) is 8.11. The zero-order valence-corrected chi connectivity index (χ0v) is 18.3. The van der Waals surface area contributed by atoms with Crippen molar-refractivity contribution in [2.24, 2.45) is 0 Å². The number of ketones is 1. The molecule has 1 atom stereocenters. The number of methoxy groups -OCH3 is 1. The van der Waals surface area contributed by atoms with Crippen LogP contribution in [0.15, 0.2) is 84.9 Å². The van der Waals surface area contributed by atoms with Crippen molar-refractivity contribution in [3.05, 3.63) is 102 Å². The van der Waals surface area contributed by atoms with E-state index in [2.05, 4.69) is 50.2 Å². The summed E-state index contributed by atoms with van der Waals surface area (Å²) in [4.78, 5) is 16.3. The lowest BCUT2D eigenvalue weighted by Gasteiger charge is -2.38. The summed E-state index contributed by atoms with van der Waals surface area (Å²) in [5, 5.41) is 0. The van der Waals surface area contributed by atoms with Crippen LogP contribution in [0, 0.1) is 0 Å². The fourth-order valence-electron chi connectivity index (χ4n) is 4.03. The van der Waals surface area contributed by atoms with Gasteiger partial charge in [-0.25, -0.2) is 0 Å². The Balaban J connectivity index is 2.14. The number of benzene rings is 3. The third-order valence-corrected chi connectivity index (χ3v) is 5.99. The first-order valence-electron chi connectivity index (χ1n) is 10.4. The second kappa shape index (κ2) is 9.73. The Kier molecular flexibility index (Phi) is 7.07. The number of ether oxygens (including phenoxy) is 1. The normalized spacial score (nSPS) is 12.6. The lowest BCUT2D eigenvalue weighted by molar-refractivity contribution is -0.123. The second-order valence-electron chi connectivity index (χ2n) is 8.11. The SMILES string of the molecule is COc1cccc(CC(=O)C(C[C@H](C)N(C)C)(c2ccccc2)c2ccccc2)c1. The quantitative estimate of drug-likeness (QED) is 0.498. The molecule has 0 aliphatic rings. The van der Waals surface area contributed by atoms with Crippen LogP contribution in [0.25, 0.3) is 0 Å². The Hall–Kier alpha value is -2.91. The van der Waals surface area contributed by atoms with Crippen molar-refractivity contribution in [3.8, 4) is 5.75 Å². The molecule has 0 aliphatic heterocycles. The molecule has 0 unspecified atom stereocenters. The van der Waals surface area contributed by atoms with E-state index in [4.69, 9.17) is 4.74 Å². The average molecular weight is 402 g/mol. The molecule has 0 N–H and O–H groups in total. The summed E-state index contributed by atoms with van der Waals surface area (Å²) >= 11 is 0. The van der Waals surface area contributed by atoms with E-state index >= 15 is 0 Å². The van der Waals surface area contributed by atoms with E-state index in [1.807, 2.05) is 60.7 Å². The van der Waals surface area contributed by atoms with E-state index < -0.39 is 5.41 Å². The van der Waals surface area contributed by atoms with Crippen LogP contribution in [0.3, 0.4) is 0 Å². The van der Waals surface area contributed by atoms with Crippen LogP contribution in [0.4, 0.5) is 0 Å². The smallest absolute Gasteiger partial charge is 0.152 e. The lowest BCUT2D eigenvalue weighted by Crippen LogP contribution is -2.44. The van der Waals surface area contributed by atoms with E-state index in [9.17, 15) is 4.79 Å². The van der Waals surface area contributed by atoms with Gasteiger partial charge in [0.25, 0.3) is 0 Å². The Bertz CT molecular complexity index is 911.